The third kappa shape index (κ3) is 4.03. The molecule has 8 heteroatoms. The van der Waals surface area contributed by atoms with Crippen molar-refractivity contribution in [1.82, 2.24) is 14.8 Å². The van der Waals surface area contributed by atoms with Crippen LogP contribution in [-0.2, 0) is 16.3 Å². The molecule has 1 aliphatic heterocycles. The number of nitrogens with zero attached hydrogens (tertiary/aromatic N) is 3. The number of fused-ring (bicyclic) bond motifs is 1. The Morgan fingerprint density at radius 1 is 1.19 bits per heavy atom. The van der Waals surface area contributed by atoms with Crippen molar-refractivity contribution >= 4 is 32.5 Å². The Bertz CT molecular complexity index is 1290. The minimum atomic E-state index is -3.06. The molecule has 1 aliphatic carbocycles. The number of pyridine rings is 1. The van der Waals surface area contributed by atoms with Crippen molar-refractivity contribution in [2.45, 2.75) is 57.9 Å². The molecule has 1 atom stereocenters. The van der Waals surface area contributed by atoms with Crippen molar-refractivity contribution in [3.05, 3.63) is 52.8 Å². The van der Waals surface area contributed by atoms with Crippen molar-refractivity contribution in [3.63, 3.8) is 0 Å². The summed E-state index contributed by atoms with van der Waals surface area (Å²) in [5.74, 6) is 0.408. The second-order valence-electron chi connectivity index (χ2n) is 9.06. The summed E-state index contributed by atoms with van der Waals surface area (Å²) in [6.45, 7) is 4.00. The first kappa shape index (κ1) is 21.1. The van der Waals surface area contributed by atoms with E-state index in [1.54, 1.807) is 4.68 Å². The van der Waals surface area contributed by atoms with Crippen molar-refractivity contribution in [2.24, 2.45) is 0 Å². The van der Waals surface area contributed by atoms with Gasteiger partial charge in [0.1, 0.15) is 0 Å². The van der Waals surface area contributed by atoms with Gasteiger partial charge in [-0.25, -0.2) is 18.1 Å². The van der Waals surface area contributed by atoms with E-state index in [1.807, 2.05) is 37.3 Å². The third-order valence-corrected chi connectivity index (χ3v) is 8.15. The predicted octanol–water partition coefficient (Wildman–Crippen LogP) is 4.18. The van der Waals surface area contributed by atoms with Gasteiger partial charge in [-0.2, -0.15) is 5.10 Å². The fourth-order valence-corrected chi connectivity index (χ4v) is 6.26. The summed E-state index contributed by atoms with van der Waals surface area (Å²) >= 11 is 0. The molecule has 3 heterocycles. The SMILES string of the molecule is CCCc1ccc(NC(=O)c2cc(C3CC3)nc3c2c(C)nn3[C@H]2CCS(=O)(=O)C2)cc1. The van der Waals surface area contributed by atoms with Crippen LogP contribution in [0.5, 0.6) is 0 Å². The second kappa shape index (κ2) is 7.99. The van der Waals surface area contributed by atoms with E-state index < -0.39 is 9.84 Å². The number of amides is 1. The van der Waals surface area contributed by atoms with Gasteiger partial charge in [0.05, 0.1) is 34.2 Å². The molecule has 0 radical (unpaired) electrons. The first-order valence-corrected chi connectivity index (χ1v) is 13.2. The maximum absolute atomic E-state index is 13.3. The van der Waals surface area contributed by atoms with E-state index in [0.717, 1.165) is 37.1 Å². The topological polar surface area (TPSA) is 93.9 Å². The Kier molecular flexibility index (Phi) is 5.28. The molecule has 1 saturated carbocycles. The largest absolute Gasteiger partial charge is 0.322 e. The molecule has 2 fully saturated rings. The summed E-state index contributed by atoms with van der Waals surface area (Å²) in [6, 6.07) is 9.61. The minimum absolute atomic E-state index is 0.0736. The number of carbonyl (C=O) groups excluding carboxylic acids is 1. The highest BCUT2D eigenvalue weighted by molar-refractivity contribution is 7.91. The number of hydrogen-bond acceptors (Lipinski definition) is 5. The molecule has 1 N–H and O–H groups in total. The van der Waals surface area contributed by atoms with Gasteiger partial charge in [0.15, 0.2) is 15.5 Å². The zero-order chi connectivity index (χ0) is 22.5. The minimum Gasteiger partial charge on any atom is -0.322 e. The lowest BCUT2D eigenvalue weighted by Crippen LogP contribution is -2.15. The van der Waals surface area contributed by atoms with Crippen LogP contribution in [0, 0.1) is 6.92 Å². The summed E-state index contributed by atoms with van der Waals surface area (Å²) in [4.78, 5) is 18.2. The number of hydrogen-bond donors (Lipinski definition) is 1. The molecule has 1 aromatic carbocycles. The van der Waals surface area contributed by atoms with Crippen LogP contribution in [0.25, 0.3) is 11.0 Å². The standard InChI is InChI=1S/C24H28N4O3S/c1-3-4-16-5-9-18(10-6-16)25-24(29)20-13-21(17-7-8-17)26-23-22(20)15(2)27-28(23)19-11-12-32(30,31)14-19/h5-6,9-10,13,17,19H,3-4,7-8,11-12,14H2,1-2H3,(H,25,29)/t19-/m0/s1. The lowest BCUT2D eigenvalue weighted by molar-refractivity contribution is 0.102. The van der Waals surface area contributed by atoms with E-state index in [-0.39, 0.29) is 23.5 Å². The highest BCUT2D eigenvalue weighted by Gasteiger charge is 2.34. The maximum Gasteiger partial charge on any atom is 0.256 e. The number of rotatable bonds is 6. The number of aromatic nitrogens is 3. The molecular formula is C24H28N4O3S. The van der Waals surface area contributed by atoms with Gasteiger partial charge >= 0.3 is 0 Å². The molecule has 0 unspecified atom stereocenters. The molecule has 32 heavy (non-hydrogen) atoms. The van der Waals surface area contributed by atoms with E-state index in [2.05, 4.69) is 17.3 Å². The van der Waals surface area contributed by atoms with Gasteiger partial charge < -0.3 is 5.32 Å². The summed E-state index contributed by atoms with van der Waals surface area (Å²) in [7, 11) is -3.06. The fraction of sp³-hybridized carbons (Fsp3) is 0.458. The summed E-state index contributed by atoms with van der Waals surface area (Å²) in [5.41, 5.74) is 4.76. The van der Waals surface area contributed by atoms with Gasteiger partial charge in [0, 0.05) is 17.3 Å². The van der Waals surface area contributed by atoms with E-state index in [1.165, 1.54) is 5.56 Å². The van der Waals surface area contributed by atoms with Crippen LogP contribution in [0.1, 0.15) is 71.9 Å². The number of aryl methyl sites for hydroxylation is 2. The zero-order valence-electron chi connectivity index (χ0n) is 18.5. The molecule has 7 nitrogen and oxygen atoms in total. The molecule has 0 bridgehead atoms. The summed E-state index contributed by atoms with van der Waals surface area (Å²) in [6.07, 6.45) is 4.74. The Hall–Kier alpha value is -2.74. The van der Waals surface area contributed by atoms with Crippen LogP contribution in [0.15, 0.2) is 30.3 Å². The average Bonchev–Trinajstić information content (AvgIpc) is 3.48. The van der Waals surface area contributed by atoms with Gasteiger partial charge in [-0.15, -0.1) is 0 Å². The third-order valence-electron chi connectivity index (χ3n) is 6.40. The first-order valence-electron chi connectivity index (χ1n) is 11.3. The highest BCUT2D eigenvalue weighted by atomic mass is 32.2. The smallest absolute Gasteiger partial charge is 0.256 e. The van der Waals surface area contributed by atoms with Gasteiger partial charge in [0.2, 0.25) is 0 Å². The molecular weight excluding hydrogens is 424 g/mol. The Balaban J connectivity index is 1.54. The maximum atomic E-state index is 13.3. The predicted molar refractivity (Wildman–Crippen MR) is 125 cm³/mol. The van der Waals surface area contributed by atoms with E-state index in [0.29, 0.717) is 34.6 Å². The molecule has 5 rings (SSSR count). The van der Waals surface area contributed by atoms with E-state index >= 15 is 0 Å². The van der Waals surface area contributed by atoms with E-state index in [9.17, 15) is 13.2 Å². The van der Waals surface area contributed by atoms with E-state index in [4.69, 9.17) is 4.98 Å². The molecule has 0 spiro atoms. The van der Waals surface area contributed by atoms with Crippen molar-refractivity contribution < 1.29 is 13.2 Å². The van der Waals surface area contributed by atoms with Crippen LogP contribution in [0.3, 0.4) is 0 Å². The molecule has 3 aromatic rings. The Morgan fingerprint density at radius 3 is 2.56 bits per heavy atom. The molecule has 168 valence electrons. The van der Waals surface area contributed by atoms with Gasteiger partial charge in [-0.3, -0.25) is 4.79 Å². The van der Waals surface area contributed by atoms with Crippen LogP contribution in [0.4, 0.5) is 5.69 Å². The number of benzene rings is 1. The quantitative estimate of drug-likeness (QED) is 0.605. The summed E-state index contributed by atoms with van der Waals surface area (Å²) in [5, 5.41) is 8.38. The van der Waals surface area contributed by atoms with Gasteiger partial charge in [-0.05, 0) is 56.4 Å². The number of nitrogens with one attached hydrogen (secondary N) is 1. The molecule has 2 aliphatic rings. The number of sulfone groups is 1. The first-order chi connectivity index (χ1) is 15.3. The zero-order valence-corrected chi connectivity index (χ0v) is 19.3. The average molecular weight is 453 g/mol. The van der Waals surface area contributed by atoms with Crippen LogP contribution >= 0.6 is 0 Å². The van der Waals surface area contributed by atoms with Gasteiger partial charge in [-0.1, -0.05) is 25.5 Å². The lowest BCUT2D eigenvalue weighted by atomic mass is 10.1. The van der Waals surface area contributed by atoms with Crippen molar-refractivity contribution in [1.29, 1.82) is 0 Å². The monoisotopic (exact) mass is 452 g/mol. The molecule has 2 aromatic heterocycles. The molecule has 1 saturated heterocycles. The van der Waals surface area contributed by atoms with Crippen LogP contribution < -0.4 is 5.32 Å². The normalized spacial score (nSPS) is 20.0. The Labute approximate surface area is 188 Å². The molecule has 1 amide bonds. The fourth-order valence-electron chi connectivity index (χ4n) is 4.56. The van der Waals surface area contributed by atoms with Crippen LogP contribution in [0.2, 0.25) is 0 Å². The van der Waals surface area contributed by atoms with Gasteiger partial charge in [0.25, 0.3) is 5.91 Å². The number of carbonyl (C=O) groups is 1. The summed E-state index contributed by atoms with van der Waals surface area (Å²) < 4.78 is 25.9. The van der Waals surface area contributed by atoms with Crippen molar-refractivity contribution in [2.75, 3.05) is 16.8 Å². The van der Waals surface area contributed by atoms with Crippen LogP contribution in [-0.4, -0.2) is 40.6 Å². The lowest BCUT2D eigenvalue weighted by Gasteiger charge is -2.12. The van der Waals surface area contributed by atoms with Crippen molar-refractivity contribution in [3.8, 4) is 0 Å². The second-order valence-corrected chi connectivity index (χ2v) is 11.3. The highest BCUT2D eigenvalue weighted by Crippen LogP contribution is 2.41. The number of anilines is 1. The Morgan fingerprint density at radius 2 is 1.94 bits per heavy atom.